The number of hydrogen-bond acceptors (Lipinski definition) is 6. The van der Waals surface area contributed by atoms with Gasteiger partial charge in [0.25, 0.3) is 0 Å². The number of nitrogens with zero attached hydrogens (tertiary/aromatic N) is 6. The molecule has 10 heteroatoms. The fourth-order valence-corrected chi connectivity index (χ4v) is 3.76. The first-order chi connectivity index (χ1) is 18.5. The second-order valence-electron chi connectivity index (χ2n) is 8.10. The van der Waals surface area contributed by atoms with Crippen LogP contribution < -0.4 is 15.1 Å². The van der Waals surface area contributed by atoms with E-state index in [9.17, 15) is 14.9 Å². The van der Waals surface area contributed by atoms with Gasteiger partial charge in [0, 0.05) is 17.8 Å². The Balaban J connectivity index is 1.73. The number of rotatable bonds is 3. The molecule has 1 aliphatic rings. The van der Waals surface area contributed by atoms with Gasteiger partial charge in [-0.1, -0.05) is 0 Å². The van der Waals surface area contributed by atoms with Gasteiger partial charge in [0.15, 0.2) is 0 Å². The number of urea groups is 2. The van der Waals surface area contributed by atoms with E-state index in [0.29, 0.717) is 33.8 Å². The number of hydrogen-bond donors (Lipinski definition) is 1. The number of amides is 4. The van der Waals surface area contributed by atoms with Crippen molar-refractivity contribution < 1.29 is 14.3 Å². The Morgan fingerprint density at radius 1 is 0.789 bits per heavy atom. The molecule has 0 aliphatic carbocycles. The summed E-state index contributed by atoms with van der Waals surface area (Å²) in [5, 5.41) is 30.0. The molecule has 0 radical (unpaired) electrons. The number of benzene rings is 3. The molecule has 10 nitrogen and oxygen atoms in total. The first-order valence-corrected chi connectivity index (χ1v) is 11.6. The molecule has 3 aromatic carbocycles. The topological polar surface area (TPSA) is 146 Å². The summed E-state index contributed by atoms with van der Waals surface area (Å²) in [6.45, 7) is 0.685. The zero-order chi connectivity index (χ0) is 26.9. The molecule has 1 N–H and O–H groups in total. The van der Waals surface area contributed by atoms with Crippen LogP contribution in [-0.4, -0.2) is 37.7 Å². The number of nitrogens with one attached hydrogen (secondary N) is 1. The van der Waals surface area contributed by atoms with Gasteiger partial charge in [0.05, 0.1) is 60.3 Å². The Bertz CT molecular complexity index is 1480. The average molecular weight is 504 g/mol. The lowest BCUT2D eigenvalue weighted by Crippen LogP contribution is -2.47. The molecular formula is C28H21N7O3. The molecule has 186 valence electrons. The van der Waals surface area contributed by atoms with Gasteiger partial charge < -0.3 is 10.1 Å². The molecule has 38 heavy (non-hydrogen) atoms. The fourth-order valence-electron chi connectivity index (χ4n) is 3.76. The Morgan fingerprint density at radius 3 is 1.87 bits per heavy atom. The van der Waals surface area contributed by atoms with Gasteiger partial charge in [0.2, 0.25) is 0 Å². The minimum atomic E-state index is -0.708. The van der Waals surface area contributed by atoms with Crippen molar-refractivity contribution in [2.45, 2.75) is 6.42 Å². The number of aliphatic imine (C=N–C) groups is 1. The highest BCUT2D eigenvalue weighted by atomic mass is 16.5. The van der Waals surface area contributed by atoms with Crippen molar-refractivity contribution >= 4 is 35.0 Å². The van der Waals surface area contributed by atoms with E-state index in [1.165, 1.54) is 9.80 Å². The largest absolute Gasteiger partial charge is 0.379 e. The molecule has 1 saturated heterocycles. The van der Waals surface area contributed by atoms with E-state index in [0.717, 1.165) is 0 Å². The Kier molecular flexibility index (Phi) is 8.05. The summed E-state index contributed by atoms with van der Waals surface area (Å²) in [6, 6.07) is 24.2. The molecular weight excluding hydrogens is 482 g/mol. The van der Waals surface area contributed by atoms with E-state index in [4.69, 9.17) is 15.3 Å². The lowest BCUT2D eigenvalue weighted by molar-refractivity contribution is 0.148. The summed E-state index contributed by atoms with van der Waals surface area (Å²) < 4.78 is 5.72. The fraction of sp³-hybridized carbons (Fsp3) is 0.143. The van der Waals surface area contributed by atoms with Crippen LogP contribution in [0.15, 0.2) is 77.8 Å². The van der Waals surface area contributed by atoms with Crippen LogP contribution in [0.1, 0.15) is 23.1 Å². The maximum absolute atomic E-state index is 14.0. The highest BCUT2D eigenvalue weighted by Crippen LogP contribution is 2.24. The van der Waals surface area contributed by atoms with Crippen molar-refractivity contribution in [1.29, 1.82) is 15.8 Å². The van der Waals surface area contributed by atoms with Gasteiger partial charge in [-0.25, -0.2) is 14.5 Å². The maximum Gasteiger partial charge on any atom is 0.347 e. The van der Waals surface area contributed by atoms with Crippen LogP contribution >= 0.6 is 0 Å². The Morgan fingerprint density at radius 2 is 1.32 bits per heavy atom. The molecule has 4 amide bonds. The van der Waals surface area contributed by atoms with Crippen molar-refractivity contribution in [3.8, 4) is 18.2 Å². The van der Waals surface area contributed by atoms with Crippen LogP contribution in [-0.2, 0) is 4.74 Å². The smallest absolute Gasteiger partial charge is 0.347 e. The summed E-state index contributed by atoms with van der Waals surface area (Å²) in [6.07, 6.45) is 0.160. The average Bonchev–Trinajstić information content (AvgIpc) is 3.02. The number of anilines is 3. The molecule has 1 fully saturated rings. The summed E-state index contributed by atoms with van der Waals surface area (Å²) in [5.74, 6) is 0.145. The first kappa shape index (κ1) is 25.6. The molecule has 4 rings (SSSR count). The maximum atomic E-state index is 14.0. The predicted octanol–water partition coefficient (Wildman–Crippen LogP) is 4.79. The third kappa shape index (κ3) is 6.00. The van der Waals surface area contributed by atoms with Gasteiger partial charge in [-0.05, 0) is 72.8 Å². The molecule has 0 atom stereocenters. The SMILES string of the molecule is N#Cc1ccc(NC(=O)/N=C2/CCOCCN(c3ccc(C#N)cc3)C(=O)N2c2ccc(C#N)cc2)cc1. The second kappa shape index (κ2) is 12.0. The van der Waals surface area contributed by atoms with E-state index < -0.39 is 12.1 Å². The Hall–Kier alpha value is -5.50. The standard InChI is InChI=1S/C28H21N7O3/c29-17-20-1-7-23(8-2-20)32-27(36)33-26-13-15-38-16-14-34(24-9-3-21(18-30)4-10-24)28(37)35(26)25-11-5-22(19-31)6-12-25/h1-12H,13-16H2,(H,32,36)/b33-26-. The van der Waals surface area contributed by atoms with Crippen molar-refractivity contribution in [3.63, 3.8) is 0 Å². The molecule has 3 aromatic rings. The Labute approximate surface area is 219 Å². The van der Waals surface area contributed by atoms with E-state index in [1.54, 1.807) is 72.8 Å². The number of nitriles is 3. The van der Waals surface area contributed by atoms with Crippen LogP contribution in [0, 0.1) is 34.0 Å². The number of carbonyl (C=O) groups is 2. The quantitative estimate of drug-likeness (QED) is 0.544. The van der Waals surface area contributed by atoms with E-state index in [2.05, 4.69) is 22.4 Å². The van der Waals surface area contributed by atoms with Crippen molar-refractivity contribution in [2.75, 3.05) is 34.9 Å². The van der Waals surface area contributed by atoms with Crippen molar-refractivity contribution in [3.05, 3.63) is 89.5 Å². The monoisotopic (exact) mass is 503 g/mol. The lowest BCUT2D eigenvalue weighted by atomic mass is 10.2. The summed E-state index contributed by atoms with van der Waals surface area (Å²) in [7, 11) is 0. The minimum absolute atomic E-state index is 0.145. The predicted molar refractivity (Wildman–Crippen MR) is 141 cm³/mol. The number of amidine groups is 1. The van der Waals surface area contributed by atoms with Crippen LogP contribution in [0.5, 0.6) is 0 Å². The molecule has 0 bridgehead atoms. The van der Waals surface area contributed by atoms with Crippen molar-refractivity contribution in [2.24, 2.45) is 4.99 Å². The second-order valence-corrected chi connectivity index (χ2v) is 8.10. The third-order valence-electron chi connectivity index (χ3n) is 5.67. The molecule has 1 heterocycles. The van der Waals surface area contributed by atoms with E-state index in [-0.39, 0.29) is 32.0 Å². The zero-order valence-corrected chi connectivity index (χ0v) is 20.2. The van der Waals surface area contributed by atoms with Crippen LogP contribution in [0.25, 0.3) is 0 Å². The van der Waals surface area contributed by atoms with Crippen molar-refractivity contribution in [1.82, 2.24) is 0 Å². The lowest BCUT2D eigenvalue weighted by Gasteiger charge is -2.30. The summed E-state index contributed by atoms with van der Waals surface area (Å²) in [5.41, 5.74) is 2.71. The molecule has 0 saturated carbocycles. The van der Waals surface area contributed by atoms with Crippen LogP contribution in [0.3, 0.4) is 0 Å². The summed E-state index contributed by atoms with van der Waals surface area (Å²) >= 11 is 0. The van der Waals surface area contributed by atoms with Gasteiger partial charge in [-0.2, -0.15) is 20.8 Å². The van der Waals surface area contributed by atoms with Gasteiger partial charge in [-0.15, -0.1) is 0 Å². The van der Waals surface area contributed by atoms with Gasteiger partial charge in [-0.3, -0.25) is 4.90 Å². The third-order valence-corrected chi connectivity index (χ3v) is 5.67. The van der Waals surface area contributed by atoms with Gasteiger partial charge >= 0.3 is 12.1 Å². The summed E-state index contributed by atoms with van der Waals surface area (Å²) in [4.78, 5) is 33.9. The molecule has 0 aromatic heterocycles. The highest BCUT2D eigenvalue weighted by molar-refractivity contribution is 6.23. The molecule has 1 aliphatic heterocycles. The highest BCUT2D eigenvalue weighted by Gasteiger charge is 2.29. The van der Waals surface area contributed by atoms with E-state index >= 15 is 0 Å². The molecule has 0 unspecified atom stereocenters. The zero-order valence-electron chi connectivity index (χ0n) is 20.2. The van der Waals surface area contributed by atoms with Gasteiger partial charge in [0.1, 0.15) is 5.84 Å². The van der Waals surface area contributed by atoms with E-state index in [1.807, 2.05) is 6.07 Å². The number of ether oxygens (including phenoxy) is 1. The van der Waals surface area contributed by atoms with Crippen LogP contribution in [0.4, 0.5) is 26.7 Å². The van der Waals surface area contributed by atoms with Crippen LogP contribution in [0.2, 0.25) is 0 Å². The normalized spacial score (nSPS) is 14.9. The molecule has 0 spiro atoms. The first-order valence-electron chi connectivity index (χ1n) is 11.6. The number of carbonyl (C=O) groups excluding carboxylic acids is 2. The minimum Gasteiger partial charge on any atom is -0.379 e.